The first-order valence-corrected chi connectivity index (χ1v) is 8.97. The molecule has 1 N–H and O–H groups in total. The molecular formula is C13H20N2O3S2. The Balaban J connectivity index is 2.26. The van der Waals surface area contributed by atoms with Crippen LogP contribution in [0.3, 0.4) is 0 Å². The predicted molar refractivity (Wildman–Crippen MR) is 79.4 cm³/mol. The number of rotatable bonds is 3. The van der Waals surface area contributed by atoms with E-state index in [9.17, 15) is 13.2 Å². The van der Waals surface area contributed by atoms with Crippen LogP contribution in [-0.2, 0) is 10.0 Å². The molecule has 1 aromatic heterocycles. The third-order valence-corrected chi connectivity index (χ3v) is 6.39. The lowest BCUT2D eigenvalue weighted by Gasteiger charge is -2.33. The molecule has 1 fully saturated rings. The summed E-state index contributed by atoms with van der Waals surface area (Å²) in [6.45, 7) is 5.25. The summed E-state index contributed by atoms with van der Waals surface area (Å²) < 4.78 is 26.8. The Kier molecular flexibility index (Phi) is 4.51. The summed E-state index contributed by atoms with van der Waals surface area (Å²) in [6, 6.07) is 1.46. The number of thiophene rings is 1. The SMILES string of the molecule is CNC(=O)c1cc(S(=O)(=O)N2C[C@H](C)C[C@@H](C)C2)cs1. The number of piperidine rings is 1. The molecule has 2 heterocycles. The molecule has 2 atom stereocenters. The van der Waals surface area contributed by atoms with Gasteiger partial charge in [-0.3, -0.25) is 4.79 Å². The summed E-state index contributed by atoms with van der Waals surface area (Å²) in [6.07, 6.45) is 1.05. The maximum absolute atomic E-state index is 12.6. The Morgan fingerprint density at radius 1 is 1.35 bits per heavy atom. The summed E-state index contributed by atoms with van der Waals surface area (Å²) in [7, 11) is -1.95. The van der Waals surface area contributed by atoms with Gasteiger partial charge in [-0.1, -0.05) is 13.8 Å². The number of hydrogen-bond acceptors (Lipinski definition) is 4. The van der Waals surface area contributed by atoms with Gasteiger partial charge in [-0.25, -0.2) is 8.42 Å². The Hall–Kier alpha value is -0.920. The van der Waals surface area contributed by atoms with Crippen LogP contribution in [0.4, 0.5) is 0 Å². The van der Waals surface area contributed by atoms with E-state index in [0.29, 0.717) is 29.8 Å². The molecule has 0 radical (unpaired) electrons. The summed E-state index contributed by atoms with van der Waals surface area (Å²) in [4.78, 5) is 12.2. The highest BCUT2D eigenvalue weighted by Crippen LogP contribution is 2.28. The van der Waals surface area contributed by atoms with E-state index in [1.165, 1.54) is 13.1 Å². The molecule has 20 heavy (non-hydrogen) atoms. The van der Waals surface area contributed by atoms with E-state index in [0.717, 1.165) is 17.8 Å². The van der Waals surface area contributed by atoms with Crippen molar-refractivity contribution in [3.63, 3.8) is 0 Å². The number of carbonyl (C=O) groups excluding carboxylic acids is 1. The zero-order chi connectivity index (χ0) is 14.9. The number of carbonyl (C=O) groups is 1. The van der Waals surface area contributed by atoms with Gasteiger partial charge >= 0.3 is 0 Å². The minimum Gasteiger partial charge on any atom is -0.354 e. The fraction of sp³-hybridized carbons (Fsp3) is 0.615. The molecule has 5 nitrogen and oxygen atoms in total. The van der Waals surface area contributed by atoms with Gasteiger partial charge < -0.3 is 5.32 Å². The normalized spacial score (nSPS) is 24.6. The second-order valence-corrected chi connectivity index (χ2v) is 8.34. The highest BCUT2D eigenvalue weighted by atomic mass is 32.2. The third kappa shape index (κ3) is 3.05. The van der Waals surface area contributed by atoms with Gasteiger partial charge in [0.05, 0.1) is 9.77 Å². The van der Waals surface area contributed by atoms with Crippen molar-refractivity contribution in [2.45, 2.75) is 25.2 Å². The van der Waals surface area contributed by atoms with Gasteiger partial charge in [0.25, 0.3) is 5.91 Å². The van der Waals surface area contributed by atoms with Crippen molar-refractivity contribution < 1.29 is 13.2 Å². The molecular weight excluding hydrogens is 296 g/mol. The van der Waals surface area contributed by atoms with Crippen molar-refractivity contribution in [3.8, 4) is 0 Å². The summed E-state index contributed by atoms with van der Waals surface area (Å²) in [5.74, 6) is 0.480. The van der Waals surface area contributed by atoms with Crippen LogP contribution in [0, 0.1) is 11.8 Å². The topological polar surface area (TPSA) is 66.5 Å². The van der Waals surface area contributed by atoms with E-state index in [4.69, 9.17) is 0 Å². The predicted octanol–water partition coefficient (Wildman–Crippen LogP) is 1.77. The first-order valence-electron chi connectivity index (χ1n) is 6.65. The highest BCUT2D eigenvalue weighted by molar-refractivity contribution is 7.89. The number of nitrogens with zero attached hydrogens (tertiary/aromatic N) is 1. The van der Waals surface area contributed by atoms with Crippen molar-refractivity contribution in [2.75, 3.05) is 20.1 Å². The molecule has 1 amide bonds. The van der Waals surface area contributed by atoms with Crippen LogP contribution in [0.15, 0.2) is 16.3 Å². The molecule has 0 unspecified atom stereocenters. The van der Waals surface area contributed by atoms with Crippen molar-refractivity contribution in [1.82, 2.24) is 9.62 Å². The maximum atomic E-state index is 12.6. The Bertz CT molecular complexity index is 585. The van der Waals surface area contributed by atoms with E-state index < -0.39 is 10.0 Å². The molecule has 0 bridgehead atoms. The number of hydrogen-bond donors (Lipinski definition) is 1. The largest absolute Gasteiger partial charge is 0.354 e. The fourth-order valence-corrected chi connectivity index (χ4v) is 5.53. The zero-order valence-electron chi connectivity index (χ0n) is 11.9. The Morgan fingerprint density at radius 2 is 1.95 bits per heavy atom. The Labute approximate surface area is 124 Å². The minimum atomic E-state index is -3.49. The van der Waals surface area contributed by atoms with Crippen LogP contribution < -0.4 is 5.32 Å². The molecule has 0 aliphatic carbocycles. The van der Waals surface area contributed by atoms with E-state index >= 15 is 0 Å². The van der Waals surface area contributed by atoms with Gasteiger partial charge in [0.1, 0.15) is 0 Å². The van der Waals surface area contributed by atoms with Crippen LogP contribution in [0.2, 0.25) is 0 Å². The minimum absolute atomic E-state index is 0.224. The summed E-state index contributed by atoms with van der Waals surface area (Å²) in [5, 5.41) is 4.05. The van der Waals surface area contributed by atoms with Crippen LogP contribution in [0.5, 0.6) is 0 Å². The number of sulfonamides is 1. The molecule has 1 aromatic rings. The first kappa shape index (κ1) is 15.5. The molecule has 1 saturated heterocycles. The standard InChI is InChI=1S/C13H20N2O3S2/c1-9-4-10(2)7-15(6-9)20(17,18)11-5-12(19-8-11)13(16)14-3/h5,8-10H,4,6-7H2,1-3H3,(H,14,16)/t9-,10-/m1/s1. The van der Waals surface area contributed by atoms with Crippen LogP contribution in [0.25, 0.3) is 0 Å². The molecule has 1 aliphatic rings. The van der Waals surface area contributed by atoms with Crippen LogP contribution in [0.1, 0.15) is 29.9 Å². The van der Waals surface area contributed by atoms with Crippen LogP contribution >= 0.6 is 11.3 Å². The fourth-order valence-electron chi connectivity index (χ4n) is 2.65. The lowest BCUT2D eigenvalue weighted by Crippen LogP contribution is -2.42. The molecule has 0 saturated carbocycles. The van der Waals surface area contributed by atoms with Gasteiger partial charge in [-0.15, -0.1) is 11.3 Å². The van der Waals surface area contributed by atoms with Gasteiger partial charge in [0.2, 0.25) is 10.0 Å². The van der Waals surface area contributed by atoms with E-state index in [1.54, 1.807) is 9.69 Å². The van der Waals surface area contributed by atoms with Crippen molar-refractivity contribution >= 4 is 27.3 Å². The molecule has 112 valence electrons. The second-order valence-electron chi connectivity index (χ2n) is 5.49. The lowest BCUT2D eigenvalue weighted by molar-refractivity contribution is 0.0967. The Morgan fingerprint density at radius 3 is 2.50 bits per heavy atom. The van der Waals surface area contributed by atoms with Gasteiger partial charge in [-0.2, -0.15) is 4.31 Å². The van der Waals surface area contributed by atoms with E-state index in [-0.39, 0.29) is 10.8 Å². The first-order chi connectivity index (χ1) is 9.34. The van der Waals surface area contributed by atoms with E-state index in [1.807, 2.05) is 0 Å². The van der Waals surface area contributed by atoms with Crippen molar-refractivity contribution in [3.05, 3.63) is 16.3 Å². The van der Waals surface area contributed by atoms with Crippen LogP contribution in [-0.4, -0.2) is 38.8 Å². The van der Waals surface area contributed by atoms with E-state index in [2.05, 4.69) is 19.2 Å². The quantitative estimate of drug-likeness (QED) is 0.924. The number of amides is 1. The van der Waals surface area contributed by atoms with Crippen molar-refractivity contribution in [1.29, 1.82) is 0 Å². The molecule has 0 spiro atoms. The third-order valence-electron chi connectivity index (χ3n) is 3.50. The monoisotopic (exact) mass is 316 g/mol. The number of nitrogens with one attached hydrogen (secondary N) is 1. The van der Waals surface area contributed by atoms with Gasteiger partial charge in [0.15, 0.2) is 0 Å². The average Bonchev–Trinajstić information content (AvgIpc) is 2.86. The smallest absolute Gasteiger partial charge is 0.261 e. The maximum Gasteiger partial charge on any atom is 0.261 e. The van der Waals surface area contributed by atoms with Crippen molar-refractivity contribution in [2.24, 2.45) is 11.8 Å². The average molecular weight is 316 g/mol. The van der Waals surface area contributed by atoms with Gasteiger partial charge in [0, 0.05) is 25.5 Å². The second kappa shape index (κ2) is 5.83. The molecule has 0 aromatic carbocycles. The summed E-state index contributed by atoms with van der Waals surface area (Å²) in [5.41, 5.74) is 0. The molecule has 1 aliphatic heterocycles. The lowest BCUT2D eigenvalue weighted by atomic mass is 9.94. The summed E-state index contributed by atoms with van der Waals surface area (Å²) >= 11 is 1.16. The van der Waals surface area contributed by atoms with Gasteiger partial charge in [-0.05, 0) is 24.3 Å². The molecule has 2 rings (SSSR count). The highest BCUT2D eigenvalue weighted by Gasteiger charge is 2.32. The molecule has 7 heteroatoms. The zero-order valence-corrected chi connectivity index (χ0v) is 13.6.